The van der Waals surface area contributed by atoms with Crippen molar-refractivity contribution < 1.29 is 19.4 Å². The highest BCUT2D eigenvalue weighted by molar-refractivity contribution is 9.10. The number of aromatic hydroxyl groups is 1. The molecule has 1 aromatic carbocycles. The fraction of sp³-hybridized carbons (Fsp3) is 0.222. The van der Waals surface area contributed by atoms with Gasteiger partial charge in [0.05, 0.1) is 19.8 Å². The van der Waals surface area contributed by atoms with E-state index in [1.54, 1.807) is 0 Å². The zero-order valence-electron chi connectivity index (χ0n) is 7.70. The zero-order chi connectivity index (χ0) is 10.7. The molecule has 1 aromatic rings. The molecule has 0 atom stereocenters. The second kappa shape index (κ2) is 4.32. The molecule has 0 unspecified atom stereocenters. The molecular formula is C9H9BrO4. The Morgan fingerprint density at radius 2 is 1.93 bits per heavy atom. The predicted octanol–water partition coefficient (Wildman–Crippen LogP) is 1.98. The van der Waals surface area contributed by atoms with Gasteiger partial charge in [-0.05, 0) is 15.9 Å². The van der Waals surface area contributed by atoms with Crippen LogP contribution in [0.2, 0.25) is 0 Å². The van der Waals surface area contributed by atoms with Crippen molar-refractivity contribution in [2.75, 3.05) is 14.2 Å². The summed E-state index contributed by atoms with van der Waals surface area (Å²) in [5.74, 6) is 0.499. The van der Waals surface area contributed by atoms with Crippen molar-refractivity contribution in [2.24, 2.45) is 0 Å². The monoisotopic (exact) mass is 260 g/mol. The van der Waals surface area contributed by atoms with E-state index >= 15 is 0 Å². The molecule has 4 nitrogen and oxygen atoms in total. The Balaban J connectivity index is 3.45. The largest absolute Gasteiger partial charge is 0.506 e. The van der Waals surface area contributed by atoms with Crippen LogP contribution in [0, 0.1) is 0 Å². The standard InChI is InChI=1S/C9H9BrO4/c1-13-6-3-7(14-2)8(10)9(12)5(6)4-11/h3-4,12H,1-2H3. The van der Waals surface area contributed by atoms with E-state index in [0.29, 0.717) is 16.5 Å². The molecular weight excluding hydrogens is 252 g/mol. The molecule has 1 rings (SSSR count). The van der Waals surface area contributed by atoms with E-state index in [2.05, 4.69) is 15.9 Å². The number of aldehydes is 1. The average molecular weight is 261 g/mol. The molecule has 0 saturated heterocycles. The Hall–Kier alpha value is -1.23. The highest BCUT2D eigenvalue weighted by Gasteiger charge is 2.16. The Morgan fingerprint density at radius 3 is 2.36 bits per heavy atom. The van der Waals surface area contributed by atoms with Crippen molar-refractivity contribution in [3.05, 3.63) is 16.1 Å². The minimum absolute atomic E-state index is 0.0974. The molecule has 1 N–H and O–H groups in total. The molecule has 76 valence electrons. The third-order valence-corrected chi connectivity index (χ3v) is 2.53. The van der Waals surface area contributed by atoms with Crippen LogP contribution in [-0.2, 0) is 0 Å². The van der Waals surface area contributed by atoms with Gasteiger partial charge in [-0.25, -0.2) is 0 Å². The van der Waals surface area contributed by atoms with Crippen LogP contribution in [0.25, 0.3) is 0 Å². The number of hydrogen-bond acceptors (Lipinski definition) is 4. The summed E-state index contributed by atoms with van der Waals surface area (Å²) in [6.45, 7) is 0. The maximum Gasteiger partial charge on any atom is 0.157 e. The second-order valence-electron chi connectivity index (χ2n) is 2.48. The summed E-state index contributed by atoms with van der Waals surface area (Å²) < 4.78 is 10.2. The van der Waals surface area contributed by atoms with Crippen molar-refractivity contribution in [1.29, 1.82) is 0 Å². The van der Waals surface area contributed by atoms with Crippen molar-refractivity contribution in [2.45, 2.75) is 0 Å². The van der Waals surface area contributed by atoms with Crippen LogP contribution in [0.4, 0.5) is 0 Å². The molecule has 0 spiro atoms. The van der Waals surface area contributed by atoms with Gasteiger partial charge in [0.1, 0.15) is 21.7 Å². The van der Waals surface area contributed by atoms with Crippen LogP contribution in [0.1, 0.15) is 10.4 Å². The van der Waals surface area contributed by atoms with E-state index in [9.17, 15) is 9.90 Å². The fourth-order valence-corrected chi connectivity index (χ4v) is 1.53. The quantitative estimate of drug-likeness (QED) is 0.845. The van der Waals surface area contributed by atoms with Gasteiger partial charge >= 0.3 is 0 Å². The van der Waals surface area contributed by atoms with Gasteiger partial charge in [-0.3, -0.25) is 4.79 Å². The van der Waals surface area contributed by atoms with Gasteiger partial charge in [-0.1, -0.05) is 0 Å². The summed E-state index contributed by atoms with van der Waals surface area (Å²) in [7, 11) is 2.87. The third-order valence-electron chi connectivity index (χ3n) is 1.76. The van der Waals surface area contributed by atoms with Gasteiger partial charge in [0.2, 0.25) is 0 Å². The summed E-state index contributed by atoms with van der Waals surface area (Å²) >= 11 is 3.11. The van der Waals surface area contributed by atoms with Crippen LogP contribution in [0.15, 0.2) is 10.5 Å². The molecule has 0 saturated carbocycles. The van der Waals surface area contributed by atoms with Crippen molar-refractivity contribution in [3.63, 3.8) is 0 Å². The Bertz CT molecular complexity index is 362. The van der Waals surface area contributed by atoms with E-state index in [1.165, 1.54) is 20.3 Å². The number of benzene rings is 1. The van der Waals surface area contributed by atoms with Crippen LogP contribution < -0.4 is 9.47 Å². The van der Waals surface area contributed by atoms with Crippen LogP contribution in [0.3, 0.4) is 0 Å². The maximum atomic E-state index is 10.7. The van der Waals surface area contributed by atoms with Crippen molar-refractivity contribution in [1.82, 2.24) is 0 Å². The molecule has 0 heterocycles. The first-order valence-corrected chi connectivity index (χ1v) is 4.53. The summed E-state index contributed by atoms with van der Waals surface area (Å²) in [6.07, 6.45) is 0.526. The molecule has 0 aromatic heterocycles. The summed E-state index contributed by atoms with van der Waals surface area (Å²) in [4.78, 5) is 10.7. The van der Waals surface area contributed by atoms with E-state index in [4.69, 9.17) is 9.47 Å². The number of hydrogen-bond donors (Lipinski definition) is 1. The second-order valence-corrected chi connectivity index (χ2v) is 3.27. The molecule has 0 bridgehead atoms. The Kier molecular flexibility index (Phi) is 3.35. The molecule has 5 heteroatoms. The minimum Gasteiger partial charge on any atom is -0.506 e. The topological polar surface area (TPSA) is 55.8 Å². The van der Waals surface area contributed by atoms with E-state index in [0.717, 1.165) is 0 Å². The Labute approximate surface area is 89.6 Å². The molecule has 0 radical (unpaired) electrons. The number of methoxy groups -OCH3 is 2. The van der Waals surface area contributed by atoms with Gasteiger partial charge in [0.15, 0.2) is 6.29 Å². The summed E-state index contributed by atoms with van der Waals surface area (Å²) in [5.41, 5.74) is 0.0974. The number of phenolic OH excluding ortho intramolecular Hbond substituents is 1. The van der Waals surface area contributed by atoms with E-state index < -0.39 is 0 Å². The first-order chi connectivity index (χ1) is 6.65. The average Bonchev–Trinajstić information content (AvgIpc) is 2.21. The van der Waals surface area contributed by atoms with Crippen molar-refractivity contribution >= 4 is 22.2 Å². The Morgan fingerprint density at radius 1 is 1.36 bits per heavy atom. The lowest BCUT2D eigenvalue weighted by Crippen LogP contribution is -1.94. The lowest BCUT2D eigenvalue weighted by molar-refractivity contribution is 0.111. The molecule has 0 fully saturated rings. The SMILES string of the molecule is COc1cc(OC)c(C=O)c(O)c1Br. The minimum atomic E-state index is -0.184. The lowest BCUT2D eigenvalue weighted by atomic mass is 10.2. The van der Waals surface area contributed by atoms with Gasteiger partial charge in [0.25, 0.3) is 0 Å². The number of ether oxygens (including phenoxy) is 2. The van der Waals surface area contributed by atoms with Crippen molar-refractivity contribution in [3.8, 4) is 17.2 Å². The van der Waals surface area contributed by atoms with Crippen LogP contribution >= 0.6 is 15.9 Å². The highest BCUT2D eigenvalue weighted by atomic mass is 79.9. The normalized spacial score (nSPS) is 9.64. The third kappa shape index (κ3) is 1.68. The number of carbonyl (C=O) groups excluding carboxylic acids is 1. The smallest absolute Gasteiger partial charge is 0.157 e. The first-order valence-electron chi connectivity index (χ1n) is 3.74. The van der Waals surface area contributed by atoms with Gasteiger partial charge < -0.3 is 14.6 Å². The van der Waals surface area contributed by atoms with Gasteiger partial charge in [-0.2, -0.15) is 0 Å². The number of carbonyl (C=O) groups is 1. The molecule has 0 amide bonds. The molecule has 0 aliphatic rings. The van der Waals surface area contributed by atoms with Crippen LogP contribution in [-0.4, -0.2) is 25.6 Å². The lowest BCUT2D eigenvalue weighted by Gasteiger charge is -2.10. The number of rotatable bonds is 3. The van der Waals surface area contributed by atoms with Crippen LogP contribution in [0.5, 0.6) is 17.2 Å². The van der Waals surface area contributed by atoms with E-state index in [-0.39, 0.29) is 17.1 Å². The van der Waals surface area contributed by atoms with E-state index in [1.807, 2.05) is 0 Å². The van der Waals surface area contributed by atoms with Gasteiger partial charge in [-0.15, -0.1) is 0 Å². The fourth-order valence-electron chi connectivity index (χ4n) is 1.04. The summed E-state index contributed by atoms with van der Waals surface area (Å²) in [6, 6.07) is 1.52. The maximum absolute atomic E-state index is 10.7. The highest BCUT2D eigenvalue weighted by Crippen LogP contribution is 2.40. The number of phenols is 1. The molecule has 14 heavy (non-hydrogen) atoms. The molecule has 0 aliphatic heterocycles. The zero-order valence-corrected chi connectivity index (χ0v) is 9.29. The summed E-state index contributed by atoms with van der Waals surface area (Å²) in [5, 5.41) is 9.58. The van der Waals surface area contributed by atoms with Gasteiger partial charge in [0, 0.05) is 6.07 Å². The first kappa shape index (κ1) is 10.8. The predicted molar refractivity (Wildman–Crippen MR) is 54.3 cm³/mol. The molecule has 0 aliphatic carbocycles. The number of halogens is 1.